The lowest BCUT2D eigenvalue weighted by Gasteiger charge is -2.23. The van der Waals surface area contributed by atoms with E-state index in [9.17, 15) is 9.59 Å². The van der Waals surface area contributed by atoms with Crippen LogP contribution in [0.2, 0.25) is 0 Å². The van der Waals surface area contributed by atoms with Crippen LogP contribution in [-0.4, -0.2) is 51.1 Å². The predicted octanol–water partition coefficient (Wildman–Crippen LogP) is 4.04. The Balaban J connectivity index is 1.25. The van der Waals surface area contributed by atoms with Crippen LogP contribution in [0.15, 0.2) is 54.6 Å². The molecule has 0 spiro atoms. The average molecular weight is 473 g/mol. The summed E-state index contributed by atoms with van der Waals surface area (Å²) in [5, 5.41) is 4.80. The van der Waals surface area contributed by atoms with Crippen LogP contribution in [-0.2, 0) is 29.2 Å². The molecule has 2 amide bonds. The smallest absolute Gasteiger partial charge is 0.228 e. The summed E-state index contributed by atoms with van der Waals surface area (Å²) >= 11 is 0. The summed E-state index contributed by atoms with van der Waals surface area (Å²) in [4.78, 5) is 29.8. The number of fused-ring (bicyclic) bond motifs is 1. The lowest BCUT2D eigenvalue weighted by Crippen LogP contribution is -2.37. The fourth-order valence-electron chi connectivity index (χ4n) is 4.94. The number of aromatic nitrogens is 2. The van der Waals surface area contributed by atoms with E-state index in [1.165, 1.54) is 5.56 Å². The number of likely N-dealkylation sites (tertiary alicyclic amines) is 1. The van der Waals surface area contributed by atoms with Gasteiger partial charge in [-0.1, -0.05) is 29.8 Å². The minimum atomic E-state index is -0.284. The van der Waals surface area contributed by atoms with Gasteiger partial charge in [-0.05, 0) is 56.2 Å². The van der Waals surface area contributed by atoms with Crippen molar-refractivity contribution in [1.29, 1.82) is 0 Å². The molecule has 0 N–H and O–H groups in total. The fourth-order valence-corrected chi connectivity index (χ4v) is 4.94. The number of carbonyl (C=O) groups is 2. The molecule has 3 aromatic rings. The number of aryl methyl sites for hydroxylation is 2. The molecule has 182 valence electrons. The number of hydrogen-bond donors (Lipinski definition) is 0. The van der Waals surface area contributed by atoms with Crippen molar-refractivity contribution in [2.45, 2.75) is 46.3 Å². The van der Waals surface area contributed by atoms with E-state index in [0.29, 0.717) is 32.8 Å². The third-order valence-electron chi connectivity index (χ3n) is 6.84. The molecule has 7 nitrogen and oxygen atoms in total. The number of amides is 2. The summed E-state index contributed by atoms with van der Waals surface area (Å²) in [6, 6.07) is 18.2. The standard InChI is InChI=1S/C28H32N4O3/c1-3-35-25-11-9-22(10-12-25)26-16-24-19-30(13-4-14-32(24)29-26)28(34)23-15-27(33)31(18-23)17-21-7-5-20(2)6-8-21/h5-12,16,23H,3-4,13-15,17-19H2,1-2H3. The third kappa shape index (κ3) is 5.09. The molecule has 0 radical (unpaired) electrons. The number of carbonyl (C=O) groups excluding carboxylic acids is 2. The SMILES string of the molecule is CCOc1ccc(-c2cc3n(n2)CCCN(C(=O)C2CC(=O)N(Cc4ccc(C)cc4)C2)C3)cc1. The first-order chi connectivity index (χ1) is 17.0. The molecule has 2 aromatic carbocycles. The van der Waals surface area contributed by atoms with Gasteiger partial charge >= 0.3 is 0 Å². The third-order valence-corrected chi connectivity index (χ3v) is 6.84. The molecule has 1 unspecified atom stereocenters. The van der Waals surface area contributed by atoms with Gasteiger partial charge in [-0.3, -0.25) is 14.3 Å². The summed E-state index contributed by atoms with van der Waals surface area (Å²) in [6.07, 6.45) is 1.13. The summed E-state index contributed by atoms with van der Waals surface area (Å²) < 4.78 is 7.56. The van der Waals surface area contributed by atoms with E-state index in [2.05, 4.69) is 30.3 Å². The van der Waals surface area contributed by atoms with Crippen LogP contribution in [0.3, 0.4) is 0 Å². The van der Waals surface area contributed by atoms with Gasteiger partial charge in [0.2, 0.25) is 11.8 Å². The minimum Gasteiger partial charge on any atom is -0.494 e. The number of ether oxygens (including phenoxy) is 1. The van der Waals surface area contributed by atoms with Crippen molar-refractivity contribution >= 4 is 11.8 Å². The van der Waals surface area contributed by atoms with Crippen LogP contribution in [0, 0.1) is 12.8 Å². The number of hydrogen-bond acceptors (Lipinski definition) is 4. The zero-order valence-corrected chi connectivity index (χ0v) is 20.4. The van der Waals surface area contributed by atoms with E-state index >= 15 is 0 Å². The van der Waals surface area contributed by atoms with Crippen molar-refractivity contribution in [3.8, 4) is 17.0 Å². The van der Waals surface area contributed by atoms with Crippen molar-refractivity contribution in [3.63, 3.8) is 0 Å². The lowest BCUT2D eigenvalue weighted by atomic mass is 10.1. The highest BCUT2D eigenvalue weighted by molar-refractivity contribution is 5.89. The van der Waals surface area contributed by atoms with Crippen LogP contribution in [0.1, 0.15) is 36.6 Å². The maximum absolute atomic E-state index is 13.4. The van der Waals surface area contributed by atoms with Crippen molar-refractivity contribution < 1.29 is 14.3 Å². The zero-order chi connectivity index (χ0) is 24.4. The van der Waals surface area contributed by atoms with Crippen molar-refractivity contribution in [2.75, 3.05) is 19.7 Å². The van der Waals surface area contributed by atoms with E-state index < -0.39 is 0 Å². The molecular weight excluding hydrogens is 440 g/mol. The molecule has 0 aliphatic carbocycles. The summed E-state index contributed by atoms with van der Waals surface area (Å²) in [5.41, 5.74) is 5.25. The van der Waals surface area contributed by atoms with E-state index in [1.54, 1.807) is 0 Å². The molecule has 5 rings (SSSR count). The van der Waals surface area contributed by atoms with E-state index in [0.717, 1.165) is 41.2 Å². The van der Waals surface area contributed by atoms with Gasteiger partial charge in [-0.15, -0.1) is 0 Å². The summed E-state index contributed by atoms with van der Waals surface area (Å²) in [7, 11) is 0. The molecule has 35 heavy (non-hydrogen) atoms. The average Bonchev–Trinajstić information content (AvgIpc) is 3.37. The first-order valence-electron chi connectivity index (χ1n) is 12.4. The van der Waals surface area contributed by atoms with Gasteiger partial charge in [-0.2, -0.15) is 5.10 Å². The van der Waals surface area contributed by atoms with E-state index in [-0.39, 0.29) is 24.2 Å². The second-order valence-corrected chi connectivity index (χ2v) is 9.48. The molecule has 1 saturated heterocycles. The van der Waals surface area contributed by atoms with Crippen molar-refractivity contribution in [2.24, 2.45) is 5.92 Å². The molecule has 0 saturated carbocycles. The largest absolute Gasteiger partial charge is 0.494 e. The zero-order valence-electron chi connectivity index (χ0n) is 20.4. The highest BCUT2D eigenvalue weighted by Crippen LogP contribution is 2.27. The quantitative estimate of drug-likeness (QED) is 0.543. The minimum absolute atomic E-state index is 0.0570. The molecule has 0 bridgehead atoms. The van der Waals surface area contributed by atoms with Gasteiger partial charge in [-0.25, -0.2) is 0 Å². The molecule has 1 fully saturated rings. The van der Waals surface area contributed by atoms with Gasteiger partial charge in [0.05, 0.1) is 30.5 Å². The second-order valence-electron chi connectivity index (χ2n) is 9.48. The highest BCUT2D eigenvalue weighted by Gasteiger charge is 2.37. The number of benzene rings is 2. The van der Waals surface area contributed by atoms with Gasteiger partial charge in [0.1, 0.15) is 5.75 Å². The Bertz CT molecular complexity index is 1200. The van der Waals surface area contributed by atoms with Gasteiger partial charge in [0.25, 0.3) is 0 Å². The van der Waals surface area contributed by atoms with E-state index in [4.69, 9.17) is 9.84 Å². The molecule has 1 aromatic heterocycles. The lowest BCUT2D eigenvalue weighted by molar-refractivity contribution is -0.136. The van der Waals surface area contributed by atoms with Crippen LogP contribution in [0.25, 0.3) is 11.3 Å². The van der Waals surface area contributed by atoms with Gasteiger partial charge < -0.3 is 14.5 Å². The monoisotopic (exact) mass is 472 g/mol. The Morgan fingerprint density at radius 1 is 1.09 bits per heavy atom. The molecule has 3 heterocycles. The van der Waals surface area contributed by atoms with Crippen LogP contribution >= 0.6 is 0 Å². The molecule has 7 heteroatoms. The molecule has 1 atom stereocenters. The Labute approximate surface area is 206 Å². The molecule has 2 aliphatic heterocycles. The number of rotatable bonds is 6. The van der Waals surface area contributed by atoms with Gasteiger partial charge in [0, 0.05) is 38.2 Å². The van der Waals surface area contributed by atoms with Crippen LogP contribution in [0.4, 0.5) is 0 Å². The summed E-state index contributed by atoms with van der Waals surface area (Å²) in [6.45, 7) is 7.68. The Hall–Kier alpha value is -3.61. The van der Waals surface area contributed by atoms with Crippen LogP contribution in [0.5, 0.6) is 5.75 Å². The molecular formula is C28H32N4O3. The topological polar surface area (TPSA) is 67.7 Å². The maximum atomic E-state index is 13.4. The Morgan fingerprint density at radius 2 is 1.86 bits per heavy atom. The first-order valence-corrected chi connectivity index (χ1v) is 12.4. The van der Waals surface area contributed by atoms with Crippen molar-refractivity contribution in [3.05, 3.63) is 71.4 Å². The Morgan fingerprint density at radius 3 is 2.60 bits per heavy atom. The summed E-state index contributed by atoms with van der Waals surface area (Å²) in [5.74, 6) is 0.688. The molecule has 2 aliphatic rings. The normalized spacial score (nSPS) is 17.9. The highest BCUT2D eigenvalue weighted by atomic mass is 16.5. The predicted molar refractivity (Wildman–Crippen MR) is 134 cm³/mol. The van der Waals surface area contributed by atoms with Crippen LogP contribution < -0.4 is 4.74 Å². The first kappa shape index (κ1) is 23.1. The maximum Gasteiger partial charge on any atom is 0.228 e. The fraction of sp³-hybridized carbons (Fsp3) is 0.393. The van der Waals surface area contributed by atoms with Crippen molar-refractivity contribution in [1.82, 2.24) is 19.6 Å². The Kier molecular flexibility index (Phi) is 6.57. The van der Waals surface area contributed by atoms with Gasteiger partial charge in [0.15, 0.2) is 0 Å². The second kappa shape index (κ2) is 9.94. The number of nitrogens with zero attached hydrogens (tertiary/aromatic N) is 4. The van der Waals surface area contributed by atoms with E-state index in [1.807, 2.05) is 52.6 Å².